The summed E-state index contributed by atoms with van der Waals surface area (Å²) in [7, 11) is 0. The first kappa shape index (κ1) is 16.0. The van der Waals surface area contributed by atoms with Gasteiger partial charge in [0.05, 0.1) is 24.7 Å². The molecule has 0 aliphatic rings. The van der Waals surface area contributed by atoms with E-state index >= 15 is 0 Å². The second kappa shape index (κ2) is 7.12. The number of nitrogens with zero attached hydrogens (tertiary/aromatic N) is 4. The van der Waals surface area contributed by atoms with Crippen molar-refractivity contribution < 1.29 is 4.74 Å². The molecule has 0 spiro atoms. The van der Waals surface area contributed by atoms with Crippen LogP contribution in [-0.4, -0.2) is 26.4 Å². The summed E-state index contributed by atoms with van der Waals surface area (Å²) >= 11 is 0. The van der Waals surface area contributed by atoms with Crippen molar-refractivity contribution in [1.82, 2.24) is 19.7 Å². The van der Waals surface area contributed by atoms with Crippen LogP contribution < -0.4 is 10.1 Å². The highest BCUT2D eigenvalue weighted by molar-refractivity contribution is 5.38. The third-order valence-corrected chi connectivity index (χ3v) is 3.53. The van der Waals surface area contributed by atoms with Gasteiger partial charge >= 0.3 is 0 Å². The van der Waals surface area contributed by atoms with E-state index in [4.69, 9.17) is 4.74 Å². The van der Waals surface area contributed by atoms with Crippen molar-refractivity contribution in [3.05, 3.63) is 59.7 Å². The fourth-order valence-corrected chi connectivity index (χ4v) is 2.51. The molecule has 124 valence electrons. The topological polar surface area (TPSA) is 64.9 Å². The Morgan fingerprint density at radius 2 is 2.04 bits per heavy atom. The van der Waals surface area contributed by atoms with Crippen molar-refractivity contribution >= 4 is 5.82 Å². The van der Waals surface area contributed by atoms with E-state index in [1.807, 2.05) is 51.1 Å². The minimum atomic E-state index is 0.649. The molecule has 0 radical (unpaired) electrons. The summed E-state index contributed by atoms with van der Waals surface area (Å²) in [6.45, 7) is 7.25. The highest BCUT2D eigenvalue weighted by Crippen LogP contribution is 2.15. The maximum Gasteiger partial charge on any atom is 0.174 e. The summed E-state index contributed by atoms with van der Waals surface area (Å²) in [5, 5.41) is 7.74. The Kier molecular flexibility index (Phi) is 4.74. The van der Waals surface area contributed by atoms with Crippen LogP contribution in [0, 0.1) is 13.8 Å². The molecule has 1 N–H and O–H groups in total. The molecule has 3 aromatic rings. The summed E-state index contributed by atoms with van der Waals surface area (Å²) in [5.74, 6) is 2.29. The number of ether oxygens (including phenoxy) is 1. The monoisotopic (exact) mass is 323 g/mol. The van der Waals surface area contributed by atoms with Gasteiger partial charge in [-0.25, -0.2) is 9.67 Å². The number of aromatic nitrogens is 4. The van der Waals surface area contributed by atoms with Gasteiger partial charge in [0, 0.05) is 12.2 Å². The van der Waals surface area contributed by atoms with Gasteiger partial charge in [-0.2, -0.15) is 5.10 Å². The predicted molar refractivity (Wildman–Crippen MR) is 93.6 cm³/mol. The van der Waals surface area contributed by atoms with E-state index < -0.39 is 0 Å². The molecule has 1 aromatic carbocycles. The van der Waals surface area contributed by atoms with Crippen LogP contribution >= 0.6 is 0 Å². The molecule has 3 rings (SSSR count). The van der Waals surface area contributed by atoms with Gasteiger partial charge in [0.2, 0.25) is 0 Å². The number of nitrogens with one attached hydrogen (secondary N) is 1. The maximum atomic E-state index is 5.52. The average molecular weight is 323 g/mol. The molecule has 2 aromatic heterocycles. The van der Waals surface area contributed by atoms with E-state index in [0.717, 1.165) is 22.7 Å². The first-order chi connectivity index (χ1) is 11.7. The van der Waals surface area contributed by atoms with E-state index in [1.165, 1.54) is 0 Å². The Hall–Kier alpha value is -2.89. The summed E-state index contributed by atoms with van der Waals surface area (Å²) in [6, 6.07) is 10.0. The number of anilines is 1. The Bertz CT molecular complexity index is 828. The smallest absolute Gasteiger partial charge is 0.174 e. The van der Waals surface area contributed by atoms with Gasteiger partial charge in [0.25, 0.3) is 0 Å². The lowest BCUT2D eigenvalue weighted by Crippen LogP contribution is -2.07. The zero-order valence-corrected chi connectivity index (χ0v) is 14.2. The normalized spacial score (nSPS) is 10.6. The molecular formula is C18H21N5O. The quantitative estimate of drug-likeness (QED) is 0.754. The largest absolute Gasteiger partial charge is 0.494 e. The number of rotatable bonds is 6. The second-order valence-corrected chi connectivity index (χ2v) is 5.54. The maximum absolute atomic E-state index is 5.52. The summed E-state index contributed by atoms with van der Waals surface area (Å²) in [6.07, 6.45) is 3.42. The van der Waals surface area contributed by atoms with Crippen LogP contribution in [0.1, 0.15) is 23.9 Å². The van der Waals surface area contributed by atoms with E-state index in [2.05, 4.69) is 20.4 Å². The van der Waals surface area contributed by atoms with Crippen LogP contribution in [0.5, 0.6) is 5.75 Å². The van der Waals surface area contributed by atoms with Crippen LogP contribution in [0.25, 0.3) is 5.82 Å². The summed E-state index contributed by atoms with van der Waals surface area (Å²) in [5.41, 5.74) is 3.11. The molecule has 6 nitrogen and oxygen atoms in total. The third-order valence-electron chi connectivity index (χ3n) is 3.53. The number of hydrogen-bond donors (Lipinski definition) is 1. The van der Waals surface area contributed by atoms with Crippen molar-refractivity contribution in [3.8, 4) is 11.6 Å². The van der Waals surface area contributed by atoms with E-state index in [1.54, 1.807) is 17.1 Å². The van der Waals surface area contributed by atoms with Gasteiger partial charge in [0.1, 0.15) is 11.6 Å². The van der Waals surface area contributed by atoms with Gasteiger partial charge in [-0.15, -0.1) is 0 Å². The number of hydrogen-bond acceptors (Lipinski definition) is 5. The van der Waals surface area contributed by atoms with Crippen LogP contribution in [0.15, 0.2) is 42.7 Å². The van der Waals surface area contributed by atoms with E-state index in [-0.39, 0.29) is 0 Å². The first-order valence-electron chi connectivity index (χ1n) is 7.97. The third kappa shape index (κ3) is 3.71. The molecule has 2 heterocycles. The lowest BCUT2D eigenvalue weighted by Gasteiger charge is -2.09. The van der Waals surface area contributed by atoms with E-state index in [0.29, 0.717) is 24.8 Å². The molecule has 0 unspecified atom stereocenters. The molecular weight excluding hydrogens is 302 g/mol. The Morgan fingerprint density at radius 1 is 1.17 bits per heavy atom. The van der Waals surface area contributed by atoms with Crippen LogP contribution in [0.2, 0.25) is 0 Å². The summed E-state index contributed by atoms with van der Waals surface area (Å²) < 4.78 is 7.32. The summed E-state index contributed by atoms with van der Waals surface area (Å²) in [4.78, 5) is 8.85. The number of aryl methyl sites for hydroxylation is 2. The highest BCUT2D eigenvalue weighted by Gasteiger charge is 2.06. The Balaban J connectivity index is 1.73. The molecule has 24 heavy (non-hydrogen) atoms. The average Bonchev–Trinajstić information content (AvgIpc) is 2.92. The zero-order chi connectivity index (χ0) is 16.9. The second-order valence-electron chi connectivity index (χ2n) is 5.54. The first-order valence-corrected chi connectivity index (χ1v) is 7.97. The minimum absolute atomic E-state index is 0.649. The number of benzene rings is 1. The minimum Gasteiger partial charge on any atom is -0.494 e. The van der Waals surface area contributed by atoms with Crippen molar-refractivity contribution in [2.75, 3.05) is 11.9 Å². The van der Waals surface area contributed by atoms with Crippen molar-refractivity contribution in [2.45, 2.75) is 27.3 Å². The lowest BCUT2D eigenvalue weighted by molar-refractivity contribution is 0.340. The Morgan fingerprint density at radius 3 is 2.79 bits per heavy atom. The van der Waals surface area contributed by atoms with Crippen LogP contribution in [0.4, 0.5) is 5.82 Å². The fraction of sp³-hybridized carbons (Fsp3) is 0.278. The van der Waals surface area contributed by atoms with Crippen molar-refractivity contribution in [1.29, 1.82) is 0 Å². The standard InChI is InChI=1S/C18H21N5O/c1-4-24-16-7-5-6-15(9-16)10-20-17-11-19-12-18(21-17)23-14(3)8-13(2)22-23/h5-9,11-12H,4,10H2,1-3H3,(H,20,21). The van der Waals surface area contributed by atoms with Gasteiger partial charge < -0.3 is 10.1 Å². The molecule has 0 amide bonds. The lowest BCUT2D eigenvalue weighted by atomic mass is 10.2. The molecule has 0 aliphatic heterocycles. The molecule has 0 aliphatic carbocycles. The SMILES string of the molecule is CCOc1cccc(CNc2cncc(-n3nc(C)cc3C)n2)c1. The van der Waals surface area contributed by atoms with Gasteiger partial charge in [0.15, 0.2) is 5.82 Å². The molecule has 0 saturated carbocycles. The zero-order valence-electron chi connectivity index (χ0n) is 14.2. The van der Waals surface area contributed by atoms with Crippen molar-refractivity contribution in [3.63, 3.8) is 0 Å². The van der Waals surface area contributed by atoms with Gasteiger partial charge in [-0.1, -0.05) is 12.1 Å². The predicted octanol–water partition coefficient (Wildman–Crippen LogP) is 3.29. The molecule has 0 saturated heterocycles. The van der Waals surface area contributed by atoms with Crippen molar-refractivity contribution in [2.24, 2.45) is 0 Å². The highest BCUT2D eigenvalue weighted by atomic mass is 16.5. The Labute approximate surface area is 141 Å². The molecule has 0 bridgehead atoms. The molecule has 0 fully saturated rings. The van der Waals surface area contributed by atoms with Crippen LogP contribution in [-0.2, 0) is 6.54 Å². The van der Waals surface area contributed by atoms with E-state index in [9.17, 15) is 0 Å². The van der Waals surface area contributed by atoms with Gasteiger partial charge in [-0.3, -0.25) is 4.98 Å². The molecule has 6 heteroatoms. The van der Waals surface area contributed by atoms with Crippen LogP contribution in [0.3, 0.4) is 0 Å². The van der Waals surface area contributed by atoms with Gasteiger partial charge in [-0.05, 0) is 44.5 Å². The fourth-order valence-electron chi connectivity index (χ4n) is 2.51. The molecule has 0 atom stereocenters.